The van der Waals surface area contributed by atoms with Crippen LogP contribution >= 0.6 is 0 Å². The molecule has 0 spiro atoms. The van der Waals surface area contributed by atoms with E-state index < -0.39 is 0 Å². The Morgan fingerprint density at radius 3 is 2.64 bits per heavy atom. The van der Waals surface area contributed by atoms with Crippen molar-refractivity contribution < 1.29 is 9.53 Å². The largest absolute Gasteiger partial charge is 0.378 e. The number of benzene rings is 1. The van der Waals surface area contributed by atoms with Gasteiger partial charge in [-0.1, -0.05) is 0 Å². The highest BCUT2D eigenvalue weighted by atomic mass is 16.5. The topological polar surface area (TPSA) is 67.4 Å². The van der Waals surface area contributed by atoms with E-state index in [2.05, 4.69) is 20.2 Å². The average molecular weight is 374 g/mol. The number of ether oxygens (including phenoxy) is 1. The van der Waals surface area contributed by atoms with Crippen molar-refractivity contribution >= 4 is 11.6 Å². The molecule has 2 aromatic heterocycles. The lowest BCUT2D eigenvalue weighted by Crippen LogP contribution is -2.36. The van der Waals surface area contributed by atoms with Gasteiger partial charge in [0.1, 0.15) is 0 Å². The summed E-state index contributed by atoms with van der Waals surface area (Å²) >= 11 is 0. The van der Waals surface area contributed by atoms with Crippen molar-refractivity contribution in [3.8, 4) is 11.3 Å². The fourth-order valence-electron chi connectivity index (χ4n) is 3.19. The van der Waals surface area contributed by atoms with E-state index in [-0.39, 0.29) is 5.91 Å². The number of hydrogen-bond donors (Lipinski definition) is 1. The van der Waals surface area contributed by atoms with Crippen LogP contribution in [-0.4, -0.2) is 42.2 Å². The first-order chi connectivity index (χ1) is 13.8. The zero-order chi connectivity index (χ0) is 19.2. The summed E-state index contributed by atoms with van der Waals surface area (Å²) in [7, 11) is 0. The Labute approximate surface area is 164 Å². The molecule has 0 bridgehead atoms. The van der Waals surface area contributed by atoms with E-state index in [0.717, 1.165) is 48.8 Å². The Balaban J connectivity index is 1.38. The summed E-state index contributed by atoms with van der Waals surface area (Å²) < 4.78 is 5.38. The second-order valence-electron chi connectivity index (χ2n) is 6.62. The van der Waals surface area contributed by atoms with E-state index in [1.54, 1.807) is 18.6 Å². The van der Waals surface area contributed by atoms with Crippen molar-refractivity contribution in [3.63, 3.8) is 0 Å². The molecule has 1 fully saturated rings. The van der Waals surface area contributed by atoms with Crippen LogP contribution in [0.2, 0.25) is 0 Å². The summed E-state index contributed by atoms with van der Waals surface area (Å²) in [6.45, 7) is 3.70. The lowest BCUT2D eigenvalue weighted by Gasteiger charge is -2.28. The number of aromatic nitrogens is 2. The summed E-state index contributed by atoms with van der Waals surface area (Å²) in [5.74, 6) is -0.0896. The van der Waals surface area contributed by atoms with Gasteiger partial charge in [0.25, 0.3) is 5.91 Å². The van der Waals surface area contributed by atoms with Gasteiger partial charge < -0.3 is 15.0 Å². The Morgan fingerprint density at radius 1 is 1.07 bits per heavy atom. The van der Waals surface area contributed by atoms with Crippen molar-refractivity contribution in [2.45, 2.75) is 6.54 Å². The first-order valence-corrected chi connectivity index (χ1v) is 9.36. The molecule has 6 heteroatoms. The van der Waals surface area contributed by atoms with Crippen LogP contribution in [0.25, 0.3) is 11.3 Å². The number of nitrogens with one attached hydrogen (secondary N) is 1. The van der Waals surface area contributed by atoms with Gasteiger partial charge in [0.2, 0.25) is 0 Å². The van der Waals surface area contributed by atoms with Gasteiger partial charge in [0.15, 0.2) is 0 Å². The lowest BCUT2D eigenvalue weighted by molar-refractivity contribution is 0.0951. The fraction of sp³-hybridized carbons (Fsp3) is 0.227. The minimum Gasteiger partial charge on any atom is -0.378 e. The summed E-state index contributed by atoms with van der Waals surface area (Å²) in [5.41, 5.74) is 4.56. The monoisotopic (exact) mass is 374 g/mol. The van der Waals surface area contributed by atoms with Crippen LogP contribution in [0, 0.1) is 0 Å². The maximum Gasteiger partial charge on any atom is 0.251 e. The van der Waals surface area contributed by atoms with Gasteiger partial charge in [-0.2, -0.15) is 0 Å². The zero-order valence-corrected chi connectivity index (χ0v) is 15.5. The van der Waals surface area contributed by atoms with Crippen LogP contribution in [0.1, 0.15) is 15.9 Å². The van der Waals surface area contributed by atoms with Gasteiger partial charge in [-0.3, -0.25) is 14.8 Å². The zero-order valence-electron chi connectivity index (χ0n) is 15.5. The van der Waals surface area contributed by atoms with E-state index in [0.29, 0.717) is 12.1 Å². The van der Waals surface area contributed by atoms with Gasteiger partial charge >= 0.3 is 0 Å². The van der Waals surface area contributed by atoms with Crippen molar-refractivity contribution in [1.82, 2.24) is 15.3 Å². The molecule has 0 aliphatic carbocycles. The quantitative estimate of drug-likeness (QED) is 0.744. The molecule has 1 aliphatic rings. The molecule has 28 heavy (non-hydrogen) atoms. The molecule has 1 saturated heterocycles. The number of hydrogen-bond acceptors (Lipinski definition) is 5. The number of anilines is 1. The molecule has 0 unspecified atom stereocenters. The maximum absolute atomic E-state index is 12.5. The van der Waals surface area contributed by atoms with Crippen LogP contribution < -0.4 is 10.2 Å². The smallest absolute Gasteiger partial charge is 0.251 e. The summed E-state index contributed by atoms with van der Waals surface area (Å²) in [6, 6.07) is 15.4. The third-order valence-corrected chi connectivity index (χ3v) is 4.74. The Morgan fingerprint density at radius 2 is 1.89 bits per heavy atom. The van der Waals surface area contributed by atoms with E-state index in [1.165, 1.54) is 0 Å². The minimum atomic E-state index is -0.0896. The number of rotatable bonds is 5. The predicted molar refractivity (Wildman–Crippen MR) is 108 cm³/mol. The van der Waals surface area contributed by atoms with E-state index in [1.807, 2.05) is 48.5 Å². The number of carbonyl (C=O) groups excluding carboxylic acids is 1. The number of nitrogens with zero attached hydrogens (tertiary/aromatic N) is 3. The van der Waals surface area contributed by atoms with Gasteiger partial charge in [-0.05, 0) is 54.1 Å². The molecule has 0 atom stereocenters. The third kappa shape index (κ3) is 4.35. The Kier molecular flexibility index (Phi) is 5.58. The maximum atomic E-state index is 12.5. The Bertz CT molecular complexity index is 923. The number of amides is 1. The van der Waals surface area contributed by atoms with Crippen molar-refractivity contribution in [1.29, 1.82) is 0 Å². The number of morpholine rings is 1. The average Bonchev–Trinajstić information content (AvgIpc) is 2.79. The fourth-order valence-corrected chi connectivity index (χ4v) is 3.19. The van der Waals surface area contributed by atoms with Gasteiger partial charge in [-0.25, -0.2) is 0 Å². The molecular weight excluding hydrogens is 352 g/mol. The molecule has 1 aliphatic heterocycles. The van der Waals surface area contributed by atoms with Crippen LogP contribution in [0.4, 0.5) is 5.69 Å². The van der Waals surface area contributed by atoms with E-state index in [4.69, 9.17) is 4.74 Å². The lowest BCUT2D eigenvalue weighted by atomic mass is 10.1. The van der Waals surface area contributed by atoms with Crippen LogP contribution in [0.5, 0.6) is 0 Å². The predicted octanol–water partition coefficient (Wildman–Crippen LogP) is 2.91. The highest BCUT2D eigenvalue weighted by Crippen LogP contribution is 2.18. The van der Waals surface area contributed by atoms with Crippen LogP contribution in [0.3, 0.4) is 0 Å². The van der Waals surface area contributed by atoms with Crippen molar-refractivity contribution in [2.75, 3.05) is 31.2 Å². The van der Waals surface area contributed by atoms with E-state index in [9.17, 15) is 4.79 Å². The van der Waals surface area contributed by atoms with Crippen molar-refractivity contribution in [2.24, 2.45) is 0 Å². The summed E-state index contributed by atoms with van der Waals surface area (Å²) in [5, 5.41) is 2.98. The van der Waals surface area contributed by atoms with Gasteiger partial charge in [0.05, 0.1) is 18.9 Å². The molecule has 142 valence electrons. The number of carbonyl (C=O) groups is 1. The van der Waals surface area contributed by atoms with Gasteiger partial charge in [-0.15, -0.1) is 0 Å². The molecule has 6 nitrogen and oxygen atoms in total. The third-order valence-electron chi connectivity index (χ3n) is 4.74. The molecule has 0 saturated carbocycles. The first kappa shape index (κ1) is 18.1. The molecule has 1 N–H and O–H groups in total. The minimum absolute atomic E-state index is 0.0896. The molecular formula is C22H22N4O2. The van der Waals surface area contributed by atoms with Crippen LogP contribution in [0.15, 0.2) is 67.1 Å². The molecule has 0 radical (unpaired) electrons. The molecule has 1 aromatic carbocycles. The molecule has 1 amide bonds. The molecule has 4 rings (SSSR count). The second kappa shape index (κ2) is 8.63. The second-order valence-corrected chi connectivity index (χ2v) is 6.62. The SMILES string of the molecule is O=C(NCc1ccnc(-c2cccnc2)c1)c1ccc(N2CCOCC2)cc1. The van der Waals surface area contributed by atoms with Gasteiger partial charge in [0, 0.05) is 55.0 Å². The normalized spacial score (nSPS) is 13.9. The highest BCUT2D eigenvalue weighted by molar-refractivity contribution is 5.94. The number of pyridine rings is 2. The summed E-state index contributed by atoms with van der Waals surface area (Å²) in [6.07, 6.45) is 5.26. The molecule has 3 aromatic rings. The summed E-state index contributed by atoms with van der Waals surface area (Å²) in [4.78, 5) is 23.3. The Hall–Kier alpha value is -3.25. The standard InChI is InChI=1S/C22H22N4O2/c27-22(18-3-5-20(6-4-18)26-10-12-28-13-11-26)25-15-17-7-9-24-21(14-17)19-2-1-8-23-16-19/h1-9,14,16H,10-13,15H2,(H,25,27). The van der Waals surface area contributed by atoms with Crippen LogP contribution in [-0.2, 0) is 11.3 Å². The highest BCUT2D eigenvalue weighted by Gasteiger charge is 2.12. The molecule has 3 heterocycles. The first-order valence-electron chi connectivity index (χ1n) is 9.36. The van der Waals surface area contributed by atoms with Crippen molar-refractivity contribution in [3.05, 3.63) is 78.2 Å². The van der Waals surface area contributed by atoms with E-state index >= 15 is 0 Å².